The molecule has 0 aromatic heterocycles. The maximum absolute atomic E-state index is 12.9. The van der Waals surface area contributed by atoms with E-state index < -0.39 is 0 Å². The minimum Gasteiger partial charge on any atom is -0.357 e. The molecule has 0 aromatic carbocycles. The van der Waals surface area contributed by atoms with Crippen molar-refractivity contribution in [2.45, 2.75) is 45.1 Å². The number of rotatable bonds is 3. The van der Waals surface area contributed by atoms with Crippen molar-refractivity contribution in [3.05, 3.63) is 0 Å². The molecule has 2 N–H and O–H groups in total. The molecule has 2 aliphatic rings. The van der Waals surface area contributed by atoms with Crippen LogP contribution in [0.1, 0.15) is 39.0 Å². The molecule has 19 heavy (non-hydrogen) atoms. The Bertz CT molecular complexity index is 351. The number of amides is 2. The lowest BCUT2D eigenvalue weighted by Crippen LogP contribution is -2.61. The third kappa shape index (κ3) is 2.61. The van der Waals surface area contributed by atoms with Crippen LogP contribution >= 0.6 is 0 Å². The van der Waals surface area contributed by atoms with E-state index in [1.54, 1.807) is 7.05 Å². The first-order valence-electron chi connectivity index (χ1n) is 7.38. The maximum atomic E-state index is 12.9. The molecule has 2 fully saturated rings. The van der Waals surface area contributed by atoms with Gasteiger partial charge in [-0.2, -0.15) is 0 Å². The van der Waals surface area contributed by atoms with Crippen LogP contribution in [0.2, 0.25) is 0 Å². The van der Waals surface area contributed by atoms with E-state index in [1.165, 1.54) is 0 Å². The summed E-state index contributed by atoms with van der Waals surface area (Å²) in [7, 11) is 1.63. The number of nitrogens with one attached hydrogen (secondary N) is 2. The fourth-order valence-corrected chi connectivity index (χ4v) is 3.42. The Kier molecular flexibility index (Phi) is 4.45. The second-order valence-electron chi connectivity index (χ2n) is 5.67. The summed E-state index contributed by atoms with van der Waals surface area (Å²) >= 11 is 0. The van der Waals surface area contributed by atoms with Gasteiger partial charge in [-0.05, 0) is 19.3 Å². The Hall–Kier alpha value is -1.10. The summed E-state index contributed by atoms with van der Waals surface area (Å²) in [6, 6.07) is -0.352. The van der Waals surface area contributed by atoms with Gasteiger partial charge < -0.3 is 15.5 Å². The number of carbonyl (C=O) groups is 2. The molecular weight excluding hydrogens is 242 g/mol. The van der Waals surface area contributed by atoms with Gasteiger partial charge in [0.2, 0.25) is 11.8 Å². The number of nitrogens with zero attached hydrogens (tertiary/aromatic N) is 1. The SMILES string of the molecule is CCC1(C(=O)N2CCNCC2C(=O)NC)CCCC1. The summed E-state index contributed by atoms with van der Waals surface area (Å²) in [5.74, 6) is 0.132. The van der Waals surface area contributed by atoms with Crippen molar-refractivity contribution in [2.24, 2.45) is 5.41 Å². The minimum atomic E-state index is -0.352. The lowest BCUT2D eigenvalue weighted by Gasteiger charge is -2.40. The van der Waals surface area contributed by atoms with E-state index in [1.807, 2.05) is 4.90 Å². The highest BCUT2D eigenvalue weighted by molar-refractivity contribution is 5.90. The molecule has 2 amide bonds. The zero-order valence-corrected chi connectivity index (χ0v) is 12.0. The van der Waals surface area contributed by atoms with Crippen LogP contribution in [-0.2, 0) is 9.59 Å². The number of likely N-dealkylation sites (N-methyl/N-ethyl adjacent to an activating group) is 1. The van der Waals surface area contributed by atoms with Gasteiger partial charge in [-0.25, -0.2) is 0 Å². The van der Waals surface area contributed by atoms with Crippen LogP contribution in [-0.4, -0.2) is 49.4 Å². The zero-order chi connectivity index (χ0) is 13.9. The molecule has 1 saturated heterocycles. The van der Waals surface area contributed by atoms with Crippen LogP contribution in [0.3, 0.4) is 0 Å². The topological polar surface area (TPSA) is 61.4 Å². The van der Waals surface area contributed by atoms with Crippen molar-refractivity contribution in [1.82, 2.24) is 15.5 Å². The number of piperazine rings is 1. The Morgan fingerprint density at radius 2 is 2.05 bits per heavy atom. The van der Waals surface area contributed by atoms with Gasteiger partial charge in [-0.15, -0.1) is 0 Å². The summed E-state index contributed by atoms with van der Waals surface area (Å²) in [4.78, 5) is 26.7. The van der Waals surface area contributed by atoms with Gasteiger partial charge in [-0.1, -0.05) is 19.8 Å². The molecule has 0 aromatic rings. The van der Waals surface area contributed by atoms with Crippen molar-refractivity contribution < 1.29 is 9.59 Å². The predicted molar refractivity (Wildman–Crippen MR) is 73.6 cm³/mol. The average Bonchev–Trinajstić information content (AvgIpc) is 2.95. The van der Waals surface area contributed by atoms with E-state index >= 15 is 0 Å². The smallest absolute Gasteiger partial charge is 0.243 e. The molecule has 1 heterocycles. The van der Waals surface area contributed by atoms with Gasteiger partial charge in [0.15, 0.2) is 0 Å². The first-order chi connectivity index (χ1) is 9.14. The van der Waals surface area contributed by atoms with E-state index in [0.29, 0.717) is 13.1 Å². The summed E-state index contributed by atoms with van der Waals surface area (Å²) in [5, 5.41) is 5.87. The standard InChI is InChI=1S/C14H25N3O2/c1-3-14(6-4-5-7-14)13(19)17-9-8-16-10-11(17)12(18)15-2/h11,16H,3-10H2,1-2H3,(H,15,18). The van der Waals surface area contributed by atoms with Crippen molar-refractivity contribution >= 4 is 11.8 Å². The average molecular weight is 267 g/mol. The zero-order valence-electron chi connectivity index (χ0n) is 12.0. The molecule has 0 spiro atoms. The molecule has 2 rings (SSSR count). The maximum Gasteiger partial charge on any atom is 0.243 e. The van der Waals surface area contributed by atoms with Crippen LogP contribution < -0.4 is 10.6 Å². The third-order valence-corrected chi connectivity index (χ3v) is 4.74. The second kappa shape index (κ2) is 5.90. The normalized spacial score (nSPS) is 26.2. The van der Waals surface area contributed by atoms with Gasteiger partial charge in [0, 0.05) is 32.1 Å². The third-order valence-electron chi connectivity index (χ3n) is 4.74. The largest absolute Gasteiger partial charge is 0.357 e. The van der Waals surface area contributed by atoms with Crippen LogP contribution in [0.4, 0.5) is 0 Å². The number of carbonyl (C=O) groups excluding carboxylic acids is 2. The highest BCUT2D eigenvalue weighted by Gasteiger charge is 2.45. The molecule has 1 saturated carbocycles. The number of hydrogen-bond donors (Lipinski definition) is 2. The molecular formula is C14H25N3O2. The fraction of sp³-hybridized carbons (Fsp3) is 0.857. The highest BCUT2D eigenvalue weighted by Crippen LogP contribution is 2.42. The molecule has 5 heteroatoms. The summed E-state index contributed by atoms with van der Waals surface area (Å²) < 4.78 is 0. The van der Waals surface area contributed by atoms with Crippen LogP contribution in [0.15, 0.2) is 0 Å². The van der Waals surface area contributed by atoms with Crippen molar-refractivity contribution in [3.8, 4) is 0 Å². The molecule has 1 unspecified atom stereocenters. The molecule has 1 aliphatic carbocycles. The minimum absolute atomic E-state index is 0.0650. The Balaban J connectivity index is 2.17. The monoisotopic (exact) mass is 267 g/mol. The molecule has 0 bridgehead atoms. The van der Waals surface area contributed by atoms with E-state index in [-0.39, 0.29) is 23.3 Å². The van der Waals surface area contributed by atoms with Crippen molar-refractivity contribution in [2.75, 3.05) is 26.7 Å². The highest BCUT2D eigenvalue weighted by atomic mass is 16.2. The lowest BCUT2D eigenvalue weighted by atomic mass is 9.81. The molecule has 108 valence electrons. The molecule has 0 radical (unpaired) electrons. The lowest BCUT2D eigenvalue weighted by molar-refractivity contribution is -0.150. The van der Waals surface area contributed by atoms with E-state index in [0.717, 1.165) is 38.6 Å². The van der Waals surface area contributed by atoms with Crippen LogP contribution in [0.5, 0.6) is 0 Å². The fourth-order valence-electron chi connectivity index (χ4n) is 3.42. The molecule has 1 aliphatic heterocycles. The van der Waals surface area contributed by atoms with Gasteiger partial charge in [0.25, 0.3) is 0 Å². The summed E-state index contributed by atoms with van der Waals surface area (Å²) in [6.45, 7) is 4.07. The first kappa shape index (κ1) is 14.3. The summed E-state index contributed by atoms with van der Waals surface area (Å²) in [5.41, 5.74) is -0.205. The molecule has 5 nitrogen and oxygen atoms in total. The predicted octanol–water partition coefficient (Wildman–Crippen LogP) is 0.503. The number of hydrogen-bond acceptors (Lipinski definition) is 3. The Labute approximate surface area is 115 Å². The van der Waals surface area contributed by atoms with E-state index in [9.17, 15) is 9.59 Å². The van der Waals surface area contributed by atoms with Crippen molar-refractivity contribution in [3.63, 3.8) is 0 Å². The van der Waals surface area contributed by atoms with E-state index in [2.05, 4.69) is 17.6 Å². The van der Waals surface area contributed by atoms with Gasteiger partial charge >= 0.3 is 0 Å². The second-order valence-corrected chi connectivity index (χ2v) is 5.67. The van der Waals surface area contributed by atoms with Crippen LogP contribution in [0.25, 0.3) is 0 Å². The quantitative estimate of drug-likeness (QED) is 0.783. The van der Waals surface area contributed by atoms with Gasteiger partial charge in [0.1, 0.15) is 6.04 Å². The van der Waals surface area contributed by atoms with Gasteiger partial charge in [-0.3, -0.25) is 9.59 Å². The van der Waals surface area contributed by atoms with Crippen molar-refractivity contribution in [1.29, 1.82) is 0 Å². The van der Waals surface area contributed by atoms with Crippen LogP contribution in [0, 0.1) is 5.41 Å². The first-order valence-corrected chi connectivity index (χ1v) is 7.38. The molecule has 1 atom stereocenters. The van der Waals surface area contributed by atoms with Gasteiger partial charge in [0.05, 0.1) is 0 Å². The Morgan fingerprint density at radius 3 is 2.63 bits per heavy atom. The van der Waals surface area contributed by atoms with E-state index in [4.69, 9.17) is 0 Å². The Morgan fingerprint density at radius 1 is 1.37 bits per heavy atom. The summed E-state index contributed by atoms with van der Waals surface area (Å²) in [6.07, 6.45) is 5.11.